The highest BCUT2D eigenvalue weighted by molar-refractivity contribution is 5.74. The molecule has 25 heavy (non-hydrogen) atoms. The number of urea groups is 1. The van der Waals surface area contributed by atoms with E-state index in [1.54, 1.807) is 18.7 Å². The van der Waals surface area contributed by atoms with Gasteiger partial charge in [0.1, 0.15) is 12.1 Å². The summed E-state index contributed by atoms with van der Waals surface area (Å²) >= 11 is 0. The van der Waals surface area contributed by atoms with Crippen LogP contribution in [0.5, 0.6) is 0 Å². The first-order valence-electron chi connectivity index (χ1n) is 8.89. The molecule has 132 valence electrons. The monoisotopic (exact) mass is 341 g/mol. The molecule has 2 aromatic heterocycles. The van der Waals surface area contributed by atoms with E-state index in [0.717, 1.165) is 43.7 Å². The van der Waals surface area contributed by atoms with Crippen molar-refractivity contribution in [2.45, 2.75) is 44.4 Å². The summed E-state index contributed by atoms with van der Waals surface area (Å²) in [4.78, 5) is 20.6. The molecule has 7 heteroatoms. The quantitative estimate of drug-likeness (QED) is 0.891. The third-order valence-electron chi connectivity index (χ3n) is 5.13. The number of carbonyl (C=O) groups excluding carboxylic acids is 1. The molecule has 2 aliphatic rings. The summed E-state index contributed by atoms with van der Waals surface area (Å²) in [7, 11) is 0. The van der Waals surface area contributed by atoms with Gasteiger partial charge < -0.3 is 15.4 Å². The Morgan fingerprint density at radius 1 is 1.32 bits per heavy atom. The Morgan fingerprint density at radius 2 is 2.28 bits per heavy atom. The minimum absolute atomic E-state index is 0.112. The number of nitrogens with zero attached hydrogens (tertiary/aromatic N) is 3. The molecule has 2 N–H and O–H groups in total. The summed E-state index contributed by atoms with van der Waals surface area (Å²) in [6.07, 6.45) is 11.7. The van der Waals surface area contributed by atoms with Gasteiger partial charge >= 0.3 is 6.03 Å². The van der Waals surface area contributed by atoms with Crippen LogP contribution in [-0.4, -0.2) is 39.3 Å². The maximum Gasteiger partial charge on any atom is 0.315 e. The Kier molecular flexibility index (Phi) is 4.65. The molecule has 1 aliphatic heterocycles. The molecule has 0 bridgehead atoms. The largest absolute Gasteiger partial charge is 0.378 e. The van der Waals surface area contributed by atoms with Crippen LogP contribution in [0.15, 0.2) is 37.1 Å². The third kappa shape index (κ3) is 3.66. The molecule has 3 unspecified atom stereocenters. The molecule has 2 amide bonds. The van der Waals surface area contributed by atoms with E-state index in [1.165, 1.54) is 0 Å². The van der Waals surface area contributed by atoms with Gasteiger partial charge in [0, 0.05) is 43.7 Å². The van der Waals surface area contributed by atoms with E-state index < -0.39 is 0 Å². The topological polar surface area (TPSA) is 81.1 Å². The van der Waals surface area contributed by atoms with E-state index in [0.29, 0.717) is 18.6 Å². The van der Waals surface area contributed by atoms with Gasteiger partial charge in [-0.15, -0.1) is 0 Å². The van der Waals surface area contributed by atoms with E-state index in [4.69, 9.17) is 4.74 Å². The van der Waals surface area contributed by atoms with Gasteiger partial charge in [-0.2, -0.15) is 0 Å². The first-order valence-corrected chi connectivity index (χ1v) is 8.89. The first kappa shape index (κ1) is 16.1. The fraction of sp³-hybridized carbons (Fsp3) is 0.500. The zero-order valence-electron chi connectivity index (χ0n) is 14.1. The van der Waals surface area contributed by atoms with Crippen LogP contribution in [0, 0.1) is 5.92 Å². The second kappa shape index (κ2) is 7.23. The summed E-state index contributed by atoms with van der Waals surface area (Å²) in [6.45, 7) is 1.29. The lowest BCUT2D eigenvalue weighted by atomic mass is 9.82. The molecule has 3 atom stereocenters. The average molecular weight is 341 g/mol. The lowest BCUT2D eigenvalue weighted by Crippen LogP contribution is -2.49. The molecule has 3 heterocycles. The number of ether oxygens (including phenoxy) is 1. The Morgan fingerprint density at radius 3 is 3.16 bits per heavy atom. The summed E-state index contributed by atoms with van der Waals surface area (Å²) in [6, 6.07) is 3.96. The lowest BCUT2D eigenvalue weighted by Gasteiger charge is -2.33. The minimum Gasteiger partial charge on any atom is -0.378 e. The Hall–Kier alpha value is -2.41. The molecule has 0 spiro atoms. The van der Waals surface area contributed by atoms with Gasteiger partial charge in [-0.05, 0) is 43.4 Å². The Bertz CT molecular complexity index is 718. The fourth-order valence-corrected chi connectivity index (χ4v) is 3.86. The van der Waals surface area contributed by atoms with Gasteiger partial charge in [0.15, 0.2) is 0 Å². The molecule has 7 nitrogen and oxygen atoms in total. The molecule has 1 saturated carbocycles. The van der Waals surface area contributed by atoms with E-state index >= 15 is 0 Å². The molecular weight excluding hydrogens is 318 g/mol. The fourth-order valence-electron chi connectivity index (χ4n) is 3.86. The molecule has 4 rings (SSSR count). The van der Waals surface area contributed by atoms with E-state index in [2.05, 4.69) is 20.6 Å². The summed E-state index contributed by atoms with van der Waals surface area (Å²) in [5.41, 5.74) is 1.000. The maximum absolute atomic E-state index is 12.3. The van der Waals surface area contributed by atoms with Crippen molar-refractivity contribution in [3.63, 3.8) is 0 Å². The number of amides is 2. The summed E-state index contributed by atoms with van der Waals surface area (Å²) in [5, 5.41) is 6.10. The second-order valence-corrected chi connectivity index (χ2v) is 6.72. The van der Waals surface area contributed by atoms with E-state index in [-0.39, 0.29) is 12.1 Å². The molecule has 1 aliphatic carbocycles. The van der Waals surface area contributed by atoms with E-state index in [9.17, 15) is 4.79 Å². The molecule has 2 aromatic rings. The predicted molar refractivity (Wildman–Crippen MR) is 92.2 cm³/mol. The summed E-state index contributed by atoms with van der Waals surface area (Å²) in [5.74, 6) is 1.25. The van der Waals surface area contributed by atoms with Gasteiger partial charge in [0.25, 0.3) is 0 Å². The van der Waals surface area contributed by atoms with Crippen molar-refractivity contribution < 1.29 is 9.53 Å². The van der Waals surface area contributed by atoms with Crippen molar-refractivity contribution in [1.82, 2.24) is 25.2 Å². The van der Waals surface area contributed by atoms with E-state index in [1.807, 2.05) is 22.9 Å². The van der Waals surface area contributed by atoms with Gasteiger partial charge in [0.05, 0.1) is 6.10 Å². The Labute approximate surface area is 146 Å². The zero-order chi connectivity index (χ0) is 17.1. The highest BCUT2D eigenvalue weighted by Gasteiger charge is 2.38. The van der Waals surface area contributed by atoms with Crippen LogP contribution in [-0.2, 0) is 11.3 Å². The molecule has 1 saturated heterocycles. The molecular formula is C18H23N5O2. The maximum atomic E-state index is 12.3. The number of imidazole rings is 1. The van der Waals surface area contributed by atoms with Crippen LogP contribution in [0.4, 0.5) is 4.79 Å². The number of pyridine rings is 1. The molecule has 0 aromatic carbocycles. The standard InChI is InChI=1S/C18H23N5O2/c24-18(22-15-2-1-3-16-14(15)5-9-25-16)21-11-13-4-6-20-17(10-13)23-8-7-19-12-23/h4,6-8,10,12,14-16H,1-3,5,9,11H2,(H2,21,22,24). The van der Waals surface area contributed by atoms with Crippen molar-refractivity contribution >= 4 is 6.03 Å². The number of fused-ring (bicyclic) bond motifs is 1. The molecule has 2 fully saturated rings. The smallest absolute Gasteiger partial charge is 0.315 e. The molecule has 0 radical (unpaired) electrons. The van der Waals surface area contributed by atoms with Crippen molar-refractivity contribution in [2.24, 2.45) is 5.92 Å². The van der Waals surface area contributed by atoms with Crippen molar-refractivity contribution in [1.29, 1.82) is 0 Å². The van der Waals surface area contributed by atoms with Crippen molar-refractivity contribution in [3.05, 3.63) is 42.6 Å². The number of hydrogen-bond donors (Lipinski definition) is 2. The minimum atomic E-state index is -0.112. The lowest BCUT2D eigenvalue weighted by molar-refractivity contribution is 0.0549. The predicted octanol–water partition coefficient (Wildman–Crippen LogP) is 2.02. The van der Waals surface area contributed by atoms with Crippen LogP contribution in [0.25, 0.3) is 5.82 Å². The van der Waals surface area contributed by atoms with Gasteiger partial charge in [-0.3, -0.25) is 4.57 Å². The number of carbonyl (C=O) groups is 1. The Balaban J connectivity index is 1.32. The van der Waals surface area contributed by atoms with Crippen LogP contribution in [0.1, 0.15) is 31.2 Å². The van der Waals surface area contributed by atoms with Gasteiger partial charge in [-0.1, -0.05) is 0 Å². The third-order valence-corrected chi connectivity index (χ3v) is 5.13. The van der Waals surface area contributed by atoms with Crippen LogP contribution >= 0.6 is 0 Å². The van der Waals surface area contributed by atoms with Crippen molar-refractivity contribution in [2.75, 3.05) is 6.61 Å². The number of nitrogens with one attached hydrogen (secondary N) is 2. The number of hydrogen-bond acceptors (Lipinski definition) is 4. The number of rotatable bonds is 4. The highest BCUT2D eigenvalue weighted by Crippen LogP contribution is 2.34. The van der Waals surface area contributed by atoms with Crippen LogP contribution in [0.2, 0.25) is 0 Å². The first-order chi connectivity index (χ1) is 12.3. The van der Waals surface area contributed by atoms with Crippen LogP contribution in [0.3, 0.4) is 0 Å². The van der Waals surface area contributed by atoms with Crippen LogP contribution < -0.4 is 10.6 Å². The highest BCUT2D eigenvalue weighted by atomic mass is 16.5. The van der Waals surface area contributed by atoms with Crippen molar-refractivity contribution in [3.8, 4) is 5.82 Å². The second-order valence-electron chi connectivity index (χ2n) is 6.72. The number of aromatic nitrogens is 3. The normalized spacial score (nSPS) is 25.4. The average Bonchev–Trinajstić information content (AvgIpc) is 3.32. The summed E-state index contributed by atoms with van der Waals surface area (Å²) < 4.78 is 7.60. The van der Waals surface area contributed by atoms with Gasteiger partial charge in [-0.25, -0.2) is 14.8 Å². The van der Waals surface area contributed by atoms with Gasteiger partial charge in [0.2, 0.25) is 0 Å². The SMILES string of the molecule is O=C(NCc1ccnc(-n2ccnc2)c1)NC1CCCC2OCCC12. The zero-order valence-corrected chi connectivity index (χ0v) is 14.1.